The molecule has 0 radical (unpaired) electrons. The highest BCUT2D eigenvalue weighted by Gasteiger charge is 2.17. The first-order chi connectivity index (χ1) is 12.1. The molecule has 0 aliphatic heterocycles. The zero-order valence-corrected chi connectivity index (χ0v) is 15.3. The number of halogens is 2. The molecule has 3 aromatic carbocycles. The number of hydrogen-bond donors (Lipinski definition) is 1. The number of carbonyl (C=O) groups is 1. The lowest BCUT2D eigenvalue weighted by atomic mass is 10.1. The molecule has 2 N–H and O–H groups in total. The molecule has 124 valence electrons. The zero-order chi connectivity index (χ0) is 17.6. The van der Waals surface area contributed by atoms with Gasteiger partial charge in [-0.2, -0.15) is 0 Å². The zero-order valence-electron chi connectivity index (χ0n) is 13.2. The molecule has 0 unspecified atom stereocenters. The first kappa shape index (κ1) is 16.1. The molecule has 0 saturated heterocycles. The Bertz CT molecular complexity index is 1130. The summed E-state index contributed by atoms with van der Waals surface area (Å²) >= 11 is 2.30. The summed E-state index contributed by atoms with van der Waals surface area (Å²) in [7, 11) is 0. The van der Waals surface area contributed by atoms with E-state index in [-0.39, 0.29) is 5.82 Å². The van der Waals surface area contributed by atoms with E-state index < -0.39 is 5.91 Å². The van der Waals surface area contributed by atoms with E-state index in [0.717, 1.165) is 30.9 Å². The third-order valence-corrected chi connectivity index (χ3v) is 5.46. The summed E-state index contributed by atoms with van der Waals surface area (Å²) in [6.07, 6.45) is 0. The number of primary amides is 1. The van der Waals surface area contributed by atoms with Crippen molar-refractivity contribution >= 4 is 50.3 Å². The van der Waals surface area contributed by atoms with E-state index in [0.29, 0.717) is 12.1 Å². The van der Waals surface area contributed by atoms with Crippen LogP contribution in [0.4, 0.5) is 4.39 Å². The van der Waals surface area contributed by atoms with E-state index in [1.165, 1.54) is 12.1 Å². The van der Waals surface area contributed by atoms with Gasteiger partial charge in [0, 0.05) is 26.5 Å². The van der Waals surface area contributed by atoms with Gasteiger partial charge in [-0.3, -0.25) is 4.79 Å². The quantitative estimate of drug-likeness (QED) is 0.459. The third-order valence-electron chi connectivity index (χ3n) is 4.40. The van der Waals surface area contributed by atoms with Crippen LogP contribution in [0.15, 0.2) is 60.7 Å². The lowest BCUT2D eigenvalue weighted by Gasteiger charge is -2.10. The summed E-state index contributed by atoms with van der Waals surface area (Å²) in [6, 6.07) is 18.2. The van der Waals surface area contributed by atoms with E-state index >= 15 is 0 Å². The summed E-state index contributed by atoms with van der Waals surface area (Å²) in [5.74, 6) is -0.789. The van der Waals surface area contributed by atoms with Crippen molar-refractivity contribution in [3.05, 3.63) is 81.2 Å². The average molecular weight is 444 g/mol. The number of amides is 1. The molecule has 4 aromatic rings. The van der Waals surface area contributed by atoms with Gasteiger partial charge in [0.15, 0.2) is 0 Å². The topological polar surface area (TPSA) is 48.0 Å². The van der Waals surface area contributed by atoms with Gasteiger partial charge in [-0.1, -0.05) is 24.3 Å². The van der Waals surface area contributed by atoms with Crippen molar-refractivity contribution in [2.75, 3.05) is 0 Å². The Morgan fingerprint density at radius 2 is 1.84 bits per heavy atom. The van der Waals surface area contributed by atoms with Gasteiger partial charge in [-0.05, 0) is 64.6 Å². The molecule has 0 aliphatic rings. The minimum atomic E-state index is -0.483. The summed E-state index contributed by atoms with van der Waals surface area (Å²) < 4.78 is 17.1. The van der Waals surface area contributed by atoms with Crippen LogP contribution in [-0.2, 0) is 6.54 Å². The number of aromatic nitrogens is 1. The van der Waals surface area contributed by atoms with E-state index in [1.807, 2.05) is 34.9 Å². The van der Waals surface area contributed by atoms with Gasteiger partial charge < -0.3 is 10.3 Å². The first-order valence-corrected chi connectivity index (χ1v) is 8.88. The minimum Gasteiger partial charge on any atom is -0.366 e. The molecule has 0 atom stereocenters. The lowest BCUT2D eigenvalue weighted by Crippen LogP contribution is -2.11. The highest BCUT2D eigenvalue weighted by Crippen LogP contribution is 2.33. The number of nitrogens with zero attached hydrogens (tertiary/aromatic N) is 1. The van der Waals surface area contributed by atoms with Crippen molar-refractivity contribution in [2.24, 2.45) is 5.73 Å². The normalized spacial score (nSPS) is 11.3. The maximum Gasteiger partial charge on any atom is 0.249 e. The molecular weight excluding hydrogens is 430 g/mol. The van der Waals surface area contributed by atoms with Gasteiger partial charge in [0.25, 0.3) is 0 Å². The first-order valence-electron chi connectivity index (χ1n) is 7.80. The van der Waals surface area contributed by atoms with Crippen molar-refractivity contribution in [2.45, 2.75) is 6.54 Å². The highest BCUT2D eigenvalue weighted by molar-refractivity contribution is 14.1. The van der Waals surface area contributed by atoms with Crippen LogP contribution in [0.3, 0.4) is 0 Å². The number of fused-ring (bicyclic) bond motifs is 3. The van der Waals surface area contributed by atoms with Crippen molar-refractivity contribution < 1.29 is 9.18 Å². The fourth-order valence-electron chi connectivity index (χ4n) is 3.29. The van der Waals surface area contributed by atoms with E-state index in [4.69, 9.17) is 5.73 Å². The SMILES string of the molecule is NC(=O)c1cccc2c1c1ccc(F)cc1n2Cc1ccccc1I. The summed E-state index contributed by atoms with van der Waals surface area (Å²) in [5.41, 5.74) is 8.78. The molecule has 25 heavy (non-hydrogen) atoms. The minimum absolute atomic E-state index is 0.306. The number of benzene rings is 3. The summed E-state index contributed by atoms with van der Waals surface area (Å²) in [4.78, 5) is 11.9. The Labute approximate surface area is 157 Å². The Morgan fingerprint density at radius 3 is 2.60 bits per heavy atom. The second-order valence-corrected chi connectivity index (χ2v) is 7.07. The Kier molecular flexibility index (Phi) is 3.95. The van der Waals surface area contributed by atoms with Crippen LogP contribution in [0.1, 0.15) is 15.9 Å². The predicted molar refractivity (Wildman–Crippen MR) is 106 cm³/mol. The maximum absolute atomic E-state index is 13.9. The maximum atomic E-state index is 13.9. The molecule has 0 bridgehead atoms. The van der Waals surface area contributed by atoms with Gasteiger partial charge in [-0.25, -0.2) is 4.39 Å². The number of hydrogen-bond acceptors (Lipinski definition) is 1. The molecule has 5 heteroatoms. The van der Waals surface area contributed by atoms with Crippen LogP contribution in [0, 0.1) is 9.39 Å². The van der Waals surface area contributed by atoms with Gasteiger partial charge in [0.2, 0.25) is 5.91 Å². The van der Waals surface area contributed by atoms with Crippen LogP contribution >= 0.6 is 22.6 Å². The smallest absolute Gasteiger partial charge is 0.249 e. The molecule has 0 saturated carbocycles. The molecule has 4 rings (SSSR count). The van der Waals surface area contributed by atoms with E-state index in [9.17, 15) is 9.18 Å². The van der Waals surface area contributed by atoms with Crippen molar-refractivity contribution in [3.63, 3.8) is 0 Å². The number of rotatable bonds is 3. The lowest BCUT2D eigenvalue weighted by molar-refractivity contribution is 0.100. The van der Waals surface area contributed by atoms with Crippen LogP contribution in [0.2, 0.25) is 0 Å². The average Bonchev–Trinajstić information content (AvgIpc) is 2.90. The molecular formula is C20H14FIN2O. The van der Waals surface area contributed by atoms with E-state index in [1.54, 1.807) is 12.1 Å². The van der Waals surface area contributed by atoms with Crippen molar-refractivity contribution in [3.8, 4) is 0 Å². The fourth-order valence-corrected chi connectivity index (χ4v) is 3.85. The standard InChI is InChI=1S/C20H14FIN2O/c21-13-8-9-14-18(10-13)24(11-12-4-1-2-6-16(12)22)17-7-3-5-15(19(14)17)20(23)25/h1-10H,11H2,(H2,23,25). The van der Waals surface area contributed by atoms with Crippen LogP contribution in [-0.4, -0.2) is 10.5 Å². The van der Waals surface area contributed by atoms with E-state index in [2.05, 4.69) is 28.7 Å². The van der Waals surface area contributed by atoms with Gasteiger partial charge in [0.1, 0.15) is 5.82 Å². The number of carbonyl (C=O) groups excluding carboxylic acids is 1. The van der Waals surface area contributed by atoms with Gasteiger partial charge in [-0.15, -0.1) is 0 Å². The third kappa shape index (κ3) is 2.68. The van der Waals surface area contributed by atoms with Gasteiger partial charge in [0.05, 0.1) is 11.0 Å². The summed E-state index contributed by atoms with van der Waals surface area (Å²) in [5, 5.41) is 1.60. The Balaban J connectivity index is 2.08. The molecule has 0 aliphatic carbocycles. The molecule has 3 nitrogen and oxygen atoms in total. The molecule has 0 fully saturated rings. The van der Waals surface area contributed by atoms with Crippen LogP contribution < -0.4 is 5.73 Å². The van der Waals surface area contributed by atoms with Gasteiger partial charge >= 0.3 is 0 Å². The largest absolute Gasteiger partial charge is 0.366 e. The summed E-state index contributed by atoms with van der Waals surface area (Å²) in [6.45, 7) is 0.588. The molecule has 1 heterocycles. The number of nitrogens with two attached hydrogens (primary N) is 1. The monoisotopic (exact) mass is 444 g/mol. The second-order valence-electron chi connectivity index (χ2n) is 5.90. The Hall–Kier alpha value is -2.41. The van der Waals surface area contributed by atoms with Crippen LogP contribution in [0.25, 0.3) is 21.8 Å². The fraction of sp³-hybridized carbons (Fsp3) is 0.0500. The predicted octanol–water partition coefficient (Wildman–Crippen LogP) is 4.69. The second kappa shape index (κ2) is 6.15. The van der Waals surface area contributed by atoms with Crippen molar-refractivity contribution in [1.82, 2.24) is 4.57 Å². The highest BCUT2D eigenvalue weighted by atomic mass is 127. The molecule has 1 aromatic heterocycles. The van der Waals surface area contributed by atoms with Crippen LogP contribution in [0.5, 0.6) is 0 Å². The van der Waals surface area contributed by atoms with Crippen molar-refractivity contribution in [1.29, 1.82) is 0 Å². The Morgan fingerprint density at radius 1 is 1.04 bits per heavy atom. The molecule has 0 spiro atoms. The molecule has 1 amide bonds.